The quantitative estimate of drug-likeness (QED) is 0.252. The van der Waals surface area contributed by atoms with Crippen LogP contribution in [-0.2, 0) is 19.3 Å². The van der Waals surface area contributed by atoms with Gasteiger partial charge in [-0.05, 0) is 44.5 Å². The van der Waals surface area contributed by atoms with Crippen LogP contribution >= 0.6 is 11.8 Å². The molecule has 0 spiro atoms. The van der Waals surface area contributed by atoms with Crippen molar-refractivity contribution in [2.75, 3.05) is 19.5 Å². The predicted molar refractivity (Wildman–Crippen MR) is 85.0 cm³/mol. The summed E-state index contributed by atoms with van der Waals surface area (Å²) < 4.78 is 5.00. The normalized spacial score (nSPS) is 11.8. The summed E-state index contributed by atoms with van der Waals surface area (Å²) >= 11 is 1.73. The number of hydrogen-bond donors (Lipinski definition) is 0. The number of carbonyl (C=O) groups is 1. The summed E-state index contributed by atoms with van der Waals surface area (Å²) in [4.78, 5) is 22.2. The Hall–Kier alpha value is -1.30. The number of benzene rings is 1. The Morgan fingerprint density at radius 2 is 1.90 bits per heavy atom. The van der Waals surface area contributed by atoms with Gasteiger partial charge in [0.15, 0.2) is 0 Å². The molecule has 0 fully saturated rings. The van der Waals surface area contributed by atoms with Gasteiger partial charge >= 0.3 is 5.97 Å². The van der Waals surface area contributed by atoms with Crippen molar-refractivity contribution in [3.63, 3.8) is 0 Å². The number of rotatable bonds is 7. The molecule has 1 rings (SSSR count). The molecule has 0 aliphatic rings. The maximum Gasteiger partial charge on any atom is 0.365 e. The lowest BCUT2D eigenvalue weighted by Crippen LogP contribution is -2.21. The highest BCUT2D eigenvalue weighted by molar-refractivity contribution is 7.99. The molecule has 0 saturated heterocycles. The van der Waals surface area contributed by atoms with Crippen LogP contribution in [-0.4, -0.2) is 31.0 Å². The van der Waals surface area contributed by atoms with Gasteiger partial charge in [-0.3, -0.25) is 4.89 Å². The number of methoxy groups -OCH3 is 1. The van der Waals surface area contributed by atoms with Crippen molar-refractivity contribution in [2.24, 2.45) is 0 Å². The molecule has 0 unspecified atom stereocenters. The molecule has 0 heterocycles. The van der Waals surface area contributed by atoms with Gasteiger partial charge in [-0.2, -0.15) is 4.89 Å². The standard InChI is InChI=1S/C16H22O4S/c1-16(2,3)20-19-15(17)10-7-13-5-8-14(9-6-13)21-12-11-18-4/h5-10H,11-12H2,1-4H3/b10-7+. The summed E-state index contributed by atoms with van der Waals surface area (Å²) in [5, 5.41) is 0. The van der Waals surface area contributed by atoms with Crippen molar-refractivity contribution >= 4 is 23.8 Å². The van der Waals surface area contributed by atoms with Gasteiger partial charge in [0, 0.05) is 23.8 Å². The van der Waals surface area contributed by atoms with Crippen LogP contribution in [0.2, 0.25) is 0 Å². The van der Waals surface area contributed by atoms with Gasteiger partial charge in [0.1, 0.15) is 5.60 Å². The van der Waals surface area contributed by atoms with E-state index in [1.54, 1.807) is 24.9 Å². The summed E-state index contributed by atoms with van der Waals surface area (Å²) in [5.74, 6) is 0.394. The van der Waals surface area contributed by atoms with Crippen LogP contribution in [0.25, 0.3) is 6.08 Å². The summed E-state index contributed by atoms with van der Waals surface area (Å²) in [6.07, 6.45) is 3.04. The van der Waals surface area contributed by atoms with E-state index in [0.29, 0.717) is 0 Å². The first-order valence-corrected chi connectivity index (χ1v) is 7.69. The van der Waals surface area contributed by atoms with Crippen molar-refractivity contribution in [3.05, 3.63) is 35.9 Å². The van der Waals surface area contributed by atoms with E-state index >= 15 is 0 Å². The van der Waals surface area contributed by atoms with E-state index < -0.39 is 11.6 Å². The van der Waals surface area contributed by atoms with Crippen molar-refractivity contribution < 1.29 is 19.3 Å². The third kappa shape index (κ3) is 8.55. The van der Waals surface area contributed by atoms with Crippen LogP contribution in [0.4, 0.5) is 0 Å². The first kappa shape index (κ1) is 17.8. The molecule has 4 nitrogen and oxygen atoms in total. The summed E-state index contributed by atoms with van der Waals surface area (Å²) in [5.41, 5.74) is 0.420. The van der Waals surface area contributed by atoms with E-state index in [0.717, 1.165) is 17.9 Å². The Labute approximate surface area is 130 Å². The fourth-order valence-corrected chi connectivity index (χ4v) is 2.09. The summed E-state index contributed by atoms with van der Waals surface area (Å²) in [6, 6.07) is 7.92. The second kappa shape index (κ2) is 8.87. The first-order chi connectivity index (χ1) is 9.90. The largest absolute Gasteiger partial charge is 0.384 e. The van der Waals surface area contributed by atoms with Crippen LogP contribution in [0.5, 0.6) is 0 Å². The molecule has 0 saturated carbocycles. The third-order valence-corrected chi connectivity index (χ3v) is 3.20. The molecule has 0 aromatic heterocycles. The maximum absolute atomic E-state index is 11.5. The fourth-order valence-electron chi connectivity index (χ4n) is 1.28. The van der Waals surface area contributed by atoms with Crippen molar-refractivity contribution in [3.8, 4) is 0 Å². The van der Waals surface area contributed by atoms with E-state index in [2.05, 4.69) is 4.89 Å². The molecule has 0 aliphatic heterocycles. The smallest absolute Gasteiger partial charge is 0.365 e. The number of carbonyl (C=O) groups excluding carboxylic acids is 1. The lowest BCUT2D eigenvalue weighted by Gasteiger charge is -2.15. The number of ether oxygens (including phenoxy) is 1. The zero-order valence-electron chi connectivity index (χ0n) is 12.9. The van der Waals surface area contributed by atoms with E-state index in [1.165, 1.54) is 11.0 Å². The monoisotopic (exact) mass is 310 g/mol. The highest BCUT2D eigenvalue weighted by Gasteiger charge is 2.13. The van der Waals surface area contributed by atoms with Crippen LogP contribution in [0, 0.1) is 0 Å². The molecule has 0 atom stereocenters. The molecule has 116 valence electrons. The SMILES string of the molecule is COCCSc1ccc(/C=C/C(=O)OOC(C)(C)C)cc1. The molecule has 0 radical (unpaired) electrons. The second-order valence-corrected chi connectivity index (χ2v) is 6.51. The van der Waals surface area contributed by atoms with E-state index in [-0.39, 0.29) is 0 Å². The summed E-state index contributed by atoms with van der Waals surface area (Å²) in [6.45, 7) is 6.16. The minimum absolute atomic E-state index is 0.509. The van der Waals surface area contributed by atoms with Gasteiger partial charge in [0.25, 0.3) is 0 Å². The lowest BCUT2D eigenvalue weighted by molar-refractivity contribution is -0.316. The minimum atomic E-state index is -0.525. The topological polar surface area (TPSA) is 44.8 Å². The van der Waals surface area contributed by atoms with Gasteiger partial charge < -0.3 is 4.74 Å². The Morgan fingerprint density at radius 3 is 2.48 bits per heavy atom. The van der Waals surface area contributed by atoms with Crippen molar-refractivity contribution in [1.29, 1.82) is 0 Å². The van der Waals surface area contributed by atoms with Crippen LogP contribution in [0.3, 0.4) is 0 Å². The molecule has 0 N–H and O–H groups in total. The fraction of sp³-hybridized carbons (Fsp3) is 0.438. The Morgan fingerprint density at radius 1 is 1.24 bits per heavy atom. The maximum atomic E-state index is 11.5. The third-order valence-electron chi connectivity index (χ3n) is 2.22. The van der Waals surface area contributed by atoms with E-state index in [4.69, 9.17) is 9.62 Å². The number of hydrogen-bond acceptors (Lipinski definition) is 5. The molecule has 1 aromatic carbocycles. The molecular formula is C16H22O4S. The predicted octanol–water partition coefficient (Wildman–Crippen LogP) is 3.71. The summed E-state index contributed by atoms with van der Waals surface area (Å²) in [7, 11) is 1.69. The molecule has 1 aromatic rings. The van der Waals surface area contributed by atoms with Gasteiger partial charge in [-0.15, -0.1) is 11.8 Å². The highest BCUT2D eigenvalue weighted by atomic mass is 32.2. The number of thioether (sulfide) groups is 1. The second-order valence-electron chi connectivity index (χ2n) is 5.34. The van der Waals surface area contributed by atoms with Crippen LogP contribution < -0.4 is 0 Å². The average Bonchev–Trinajstić information content (AvgIpc) is 2.44. The van der Waals surface area contributed by atoms with E-state index in [1.807, 2.05) is 45.0 Å². The van der Waals surface area contributed by atoms with Crippen LogP contribution in [0.15, 0.2) is 35.2 Å². The van der Waals surface area contributed by atoms with Gasteiger partial charge in [0.05, 0.1) is 6.61 Å². The highest BCUT2D eigenvalue weighted by Crippen LogP contribution is 2.18. The van der Waals surface area contributed by atoms with Crippen LogP contribution in [0.1, 0.15) is 26.3 Å². The zero-order valence-corrected chi connectivity index (χ0v) is 13.7. The Kier molecular flexibility index (Phi) is 7.50. The molecule has 5 heteroatoms. The molecular weight excluding hydrogens is 288 g/mol. The minimum Gasteiger partial charge on any atom is -0.384 e. The Bertz CT molecular complexity index is 460. The van der Waals surface area contributed by atoms with E-state index in [9.17, 15) is 4.79 Å². The first-order valence-electron chi connectivity index (χ1n) is 6.70. The zero-order chi connectivity index (χ0) is 15.7. The average molecular weight is 310 g/mol. The molecule has 21 heavy (non-hydrogen) atoms. The van der Waals surface area contributed by atoms with Gasteiger partial charge in [-0.25, -0.2) is 4.79 Å². The molecule has 0 amide bonds. The van der Waals surface area contributed by atoms with Crippen molar-refractivity contribution in [2.45, 2.75) is 31.3 Å². The lowest BCUT2D eigenvalue weighted by atomic mass is 10.2. The Balaban J connectivity index is 2.43. The molecule has 0 aliphatic carbocycles. The van der Waals surface area contributed by atoms with Crippen molar-refractivity contribution in [1.82, 2.24) is 0 Å². The van der Waals surface area contributed by atoms with Gasteiger partial charge in [0.2, 0.25) is 0 Å². The molecule has 0 bridgehead atoms. The van der Waals surface area contributed by atoms with Gasteiger partial charge in [-0.1, -0.05) is 12.1 Å².